The minimum absolute atomic E-state index is 0.0165. The number of nitro groups is 1. The van der Waals surface area contributed by atoms with Crippen LogP contribution in [-0.2, 0) is 4.79 Å². The first-order valence-corrected chi connectivity index (χ1v) is 9.64. The Bertz CT molecular complexity index is 1090. The largest absolute Gasteiger partial charge is 0.500 e. The van der Waals surface area contributed by atoms with Gasteiger partial charge in [-0.2, -0.15) is 0 Å². The highest BCUT2D eigenvalue weighted by Gasteiger charge is 2.39. The van der Waals surface area contributed by atoms with Gasteiger partial charge in [0.1, 0.15) is 0 Å². The van der Waals surface area contributed by atoms with Gasteiger partial charge in [-0.1, -0.05) is 26.0 Å². The molecular weight excluding hydrogens is 386 g/mol. The van der Waals surface area contributed by atoms with Crippen LogP contribution in [0.3, 0.4) is 0 Å². The van der Waals surface area contributed by atoms with Crippen LogP contribution in [0.2, 0.25) is 0 Å². The molecule has 8 heteroatoms. The van der Waals surface area contributed by atoms with Crippen molar-refractivity contribution in [2.45, 2.75) is 32.7 Å². The summed E-state index contributed by atoms with van der Waals surface area (Å²) in [4.78, 5) is 24.1. The van der Waals surface area contributed by atoms with E-state index in [0.717, 1.165) is 17.1 Å². The molecule has 0 saturated carbocycles. The third-order valence-electron chi connectivity index (χ3n) is 5.55. The Hall–Kier alpha value is -3.55. The van der Waals surface area contributed by atoms with Crippen molar-refractivity contribution in [3.05, 3.63) is 63.3 Å². The van der Waals surface area contributed by atoms with Crippen LogP contribution in [0.15, 0.2) is 47.7 Å². The SMILES string of the molecule is COc1cc([C@H]2Nc3ccccc3NC3=C2C(=O)CC(C)(C)C3)cc([N+](=O)[O-])c1O. The minimum atomic E-state index is -0.661. The number of fused-ring (bicyclic) bond motifs is 1. The lowest BCUT2D eigenvalue weighted by molar-refractivity contribution is -0.386. The molecule has 8 nitrogen and oxygen atoms in total. The van der Waals surface area contributed by atoms with Crippen LogP contribution in [0, 0.1) is 15.5 Å². The van der Waals surface area contributed by atoms with E-state index in [9.17, 15) is 20.0 Å². The van der Waals surface area contributed by atoms with Crippen molar-refractivity contribution in [3.8, 4) is 11.5 Å². The quantitative estimate of drug-likeness (QED) is 0.504. The fraction of sp³-hybridized carbons (Fsp3) is 0.318. The van der Waals surface area contributed by atoms with Crippen molar-refractivity contribution in [1.82, 2.24) is 0 Å². The standard InChI is InChI=1S/C22H23N3O5/c1-22(2)10-15-19(17(26)11-22)20(24-14-7-5-4-6-13(14)23-15)12-8-16(25(28)29)21(27)18(9-12)30-3/h4-9,20,23-24,27H,10-11H2,1-3H3/t20-/m1/s1. The number of allylic oxidation sites excluding steroid dienone is 1. The third kappa shape index (κ3) is 3.34. The molecule has 0 amide bonds. The van der Waals surface area contributed by atoms with Gasteiger partial charge in [0.05, 0.1) is 29.4 Å². The molecule has 4 rings (SSSR count). The molecule has 3 N–H and O–H groups in total. The fourth-order valence-electron chi connectivity index (χ4n) is 4.21. The van der Waals surface area contributed by atoms with E-state index in [-0.39, 0.29) is 16.9 Å². The van der Waals surface area contributed by atoms with Crippen molar-refractivity contribution in [1.29, 1.82) is 0 Å². The zero-order valence-corrected chi connectivity index (χ0v) is 17.0. The molecule has 0 bridgehead atoms. The molecule has 1 aliphatic heterocycles. The number of aromatic hydroxyl groups is 1. The Kier molecular flexibility index (Phi) is 4.64. The van der Waals surface area contributed by atoms with Crippen molar-refractivity contribution < 1.29 is 19.6 Å². The Morgan fingerprint density at radius 2 is 1.90 bits per heavy atom. The maximum absolute atomic E-state index is 13.2. The van der Waals surface area contributed by atoms with Crippen LogP contribution in [-0.4, -0.2) is 22.9 Å². The van der Waals surface area contributed by atoms with Crippen molar-refractivity contribution in [2.75, 3.05) is 17.7 Å². The maximum atomic E-state index is 13.2. The van der Waals surface area contributed by atoms with Gasteiger partial charge in [-0.25, -0.2) is 0 Å². The molecule has 0 radical (unpaired) electrons. The third-order valence-corrected chi connectivity index (χ3v) is 5.55. The molecule has 1 atom stereocenters. The summed E-state index contributed by atoms with van der Waals surface area (Å²) in [6.07, 6.45) is 1.04. The zero-order valence-electron chi connectivity index (χ0n) is 17.0. The Labute approximate surface area is 173 Å². The number of carbonyl (C=O) groups is 1. The number of hydrogen-bond acceptors (Lipinski definition) is 7. The number of Topliss-reactive ketones (excluding diaryl/α,β-unsaturated/α-hetero) is 1. The molecule has 0 spiro atoms. The second kappa shape index (κ2) is 7.05. The van der Waals surface area contributed by atoms with Crippen LogP contribution in [0.5, 0.6) is 11.5 Å². The van der Waals surface area contributed by atoms with Gasteiger partial charge in [0.25, 0.3) is 0 Å². The summed E-state index contributed by atoms with van der Waals surface area (Å²) in [6, 6.07) is 9.77. The van der Waals surface area contributed by atoms with E-state index in [0.29, 0.717) is 24.0 Å². The first kappa shape index (κ1) is 19.8. The molecule has 1 heterocycles. The molecule has 2 aromatic rings. The summed E-state index contributed by atoms with van der Waals surface area (Å²) in [5, 5.41) is 28.4. The molecule has 1 aliphatic carbocycles. The maximum Gasteiger partial charge on any atom is 0.315 e. The highest BCUT2D eigenvalue weighted by molar-refractivity contribution is 6.01. The van der Waals surface area contributed by atoms with Gasteiger partial charge in [-0.15, -0.1) is 0 Å². The number of carbonyl (C=O) groups excluding carboxylic acids is 1. The number of benzene rings is 2. The monoisotopic (exact) mass is 409 g/mol. The molecule has 2 aromatic carbocycles. The number of nitro benzene ring substituents is 1. The van der Waals surface area contributed by atoms with E-state index >= 15 is 0 Å². The predicted octanol–water partition coefficient (Wildman–Crippen LogP) is 4.53. The first-order chi connectivity index (χ1) is 14.2. The minimum Gasteiger partial charge on any atom is -0.500 e. The number of ketones is 1. The molecule has 156 valence electrons. The topological polar surface area (TPSA) is 114 Å². The van der Waals surface area contributed by atoms with Crippen LogP contribution in [0.4, 0.5) is 17.1 Å². The van der Waals surface area contributed by atoms with Crippen molar-refractivity contribution in [2.24, 2.45) is 5.41 Å². The Morgan fingerprint density at radius 1 is 1.20 bits per heavy atom. The van der Waals surface area contributed by atoms with Crippen LogP contribution >= 0.6 is 0 Å². The molecular formula is C22H23N3O5. The molecule has 0 fully saturated rings. The van der Waals surface area contributed by atoms with E-state index in [1.54, 1.807) is 0 Å². The molecule has 0 unspecified atom stereocenters. The highest BCUT2D eigenvalue weighted by Crippen LogP contribution is 2.47. The first-order valence-electron chi connectivity index (χ1n) is 9.64. The number of phenolic OH excluding ortho intramolecular Hbond substituents is 1. The summed E-state index contributed by atoms with van der Waals surface area (Å²) in [5.74, 6) is -0.574. The summed E-state index contributed by atoms with van der Waals surface area (Å²) >= 11 is 0. The van der Waals surface area contributed by atoms with Gasteiger partial charge >= 0.3 is 5.69 Å². The fourth-order valence-corrected chi connectivity index (χ4v) is 4.21. The van der Waals surface area contributed by atoms with E-state index in [2.05, 4.69) is 10.6 Å². The number of hydrogen-bond donors (Lipinski definition) is 3. The average molecular weight is 409 g/mol. The lowest BCUT2D eigenvalue weighted by atomic mass is 9.73. The number of nitrogens with one attached hydrogen (secondary N) is 2. The number of nitrogens with zero attached hydrogens (tertiary/aromatic N) is 1. The summed E-state index contributed by atoms with van der Waals surface area (Å²) in [7, 11) is 1.33. The van der Waals surface area contributed by atoms with Gasteiger partial charge in [-0.05, 0) is 35.6 Å². The summed E-state index contributed by atoms with van der Waals surface area (Å²) in [5.41, 5.74) is 2.75. The van der Waals surface area contributed by atoms with Crippen LogP contribution in [0.25, 0.3) is 0 Å². The molecule has 0 saturated heterocycles. The Balaban J connectivity index is 1.94. The van der Waals surface area contributed by atoms with Gasteiger partial charge in [-0.3, -0.25) is 14.9 Å². The number of anilines is 2. The summed E-state index contributed by atoms with van der Waals surface area (Å²) in [6.45, 7) is 4.09. The van der Waals surface area contributed by atoms with E-state index in [4.69, 9.17) is 4.74 Å². The number of phenols is 1. The molecule has 0 aromatic heterocycles. The molecule has 30 heavy (non-hydrogen) atoms. The number of methoxy groups -OCH3 is 1. The van der Waals surface area contributed by atoms with Crippen LogP contribution < -0.4 is 15.4 Å². The van der Waals surface area contributed by atoms with Gasteiger partial charge in [0, 0.05) is 23.8 Å². The summed E-state index contributed by atoms with van der Waals surface area (Å²) < 4.78 is 5.17. The lowest BCUT2D eigenvalue weighted by Crippen LogP contribution is -2.31. The normalized spacial score (nSPS) is 19.7. The van der Waals surface area contributed by atoms with Crippen molar-refractivity contribution in [3.63, 3.8) is 0 Å². The van der Waals surface area contributed by atoms with Gasteiger partial charge in [0.2, 0.25) is 5.75 Å². The van der Waals surface area contributed by atoms with Gasteiger partial charge < -0.3 is 20.5 Å². The van der Waals surface area contributed by atoms with Crippen molar-refractivity contribution >= 4 is 22.8 Å². The van der Waals surface area contributed by atoms with E-state index < -0.39 is 22.4 Å². The zero-order chi connectivity index (χ0) is 21.6. The average Bonchev–Trinajstić information content (AvgIpc) is 2.83. The Morgan fingerprint density at radius 3 is 2.57 bits per heavy atom. The number of ether oxygens (including phenoxy) is 1. The smallest absolute Gasteiger partial charge is 0.315 e. The number of para-hydroxylation sites is 2. The van der Waals surface area contributed by atoms with E-state index in [1.165, 1.54) is 19.2 Å². The molecule has 2 aliphatic rings. The lowest BCUT2D eigenvalue weighted by Gasteiger charge is -2.34. The number of rotatable bonds is 3. The van der Waals surface area contributed by atoms with E-state index in [1.807, 2.05) is 38.1 Å². The second-order valence-electron chi connectivity index (χ2n) is 8.43. The van der Waals surface area contributed by atoms with Crippen LogP contribution in [0.1, 0.15) is 38.3 Å². The van der Waals surface area contributed by atoms with Gasteiger partial charge in [0.15, 0.2) is 11.5 Å². The second-order valence-corrected chi connectivity index (χ2v) is 8.43. The predicted molar refractivity (Wildman–Crippen MR) is 113 cm³/mol. The highest BCUT2D eigenvalue weighted by atomic mass is 16.6.